The van der Waals surface area contributed by atoms with Crippen molar-refractivity contribution >= 4 is 21.6 Å². The molecule has 0 aromatic heterocycles. The van der Waals surface area contributed by atoms with Crippen LogP contribution in [0.2, 0.25) is 0 Å². The standard InChI is InChI=1S/C13H18N2O3S/c14-19(17,18)9-11-4-6-12(7-5-11)15-13(16)8-10-2-1-3-10/h4-7,10H,1-3,8-9H2,(H,15,16)(H2,14,17,18). The molecule has 1 amide bonds. The topological polar surface area (TPSA) is 89.3 Å². The summed E-state index contributed by atoms with van der Waals surface area (Å²) < 4.78 is 21.9. The fraction of sp³-hybridized carbons (Fsp3) is 0.462. The number of sulfonamides is 1. The highest BCUT2D eigenvalue weighted by Crippen LogP contribution is 2.29. The molecule has 0 spiro atoms. The molecule has 5 nitrogen and oxygen atoms in total. The molecule has 1 aliphatic carbocycles. The maximum atomic E-state index is 11.7. The van der Waals surface area contributed by atoms with Gasteiger partial charge in [-0.2, -0.15) is 0 Å². The summed E-state index contributed by atoms with van der Waals surface area (Å²) in [7, 11) is -3.51. The third kappa shape index (κ3) is 4.65. The number of carbonyl (C=O) groups is 1. The van der Waals surface area contributed by atoms with E-state index in [1.807, 2.05) is 0 Å². The Hall–Kier alpha value is -1.40. The Morgan fingerprint density at radius 3 is 2.37 bits per heavy atom. The highest BCUT2D eigenvalue weighted by atomic mass is 32.2. The molecule has 3 N–H and O–H groups in total. The van der Waals surface area contributed by atoms with E-state index >= 15 is 0 Å². The summed E-state index contributed by atoms with van der Waals surface area (Å²) in [6.45, 7) is 0. The molecule has 1 aliphatic rings. The van der Waals surface area contributed by atoms with Crippen molar-refractivity contribution in [2.45, 2.75) is 31.4 Å². The van der Waals surface area contributed by atoms with Gasteiger partial charge >= 0.3 is 0 Å². The normalized spacial score (nSPS) is 15.8. The number of carbonyl (C=O) groups excluding carboxylic acids is 1. The maximum Gasteiger partial charge on any atom is 0.224 e. The van der Waals surface area contributed by atoms with Gasteiger partial charge in [-0.15, -0.1) is 0 Å². The average Bonchev–Trinajstić information content (AvgIpc) is 2.24. The Morgan fingerprint density at radius 2 is 1.89 bits per heavy atom. The first-order valence-electron chi connectivity index (χ1n) is 6.32. The van der Waals surface area contributed by atoms with Gasteiger partial charge in [0.25, 0.3) is 0 Å². The fourth-order valence-electron chi connectivity index (χ4n) is 2.09. The maximum absolute atomic E-state index is 11.7. The Kier molecular flexibility index (Phi) is 4.21. The van der Waals surface area contributed by atoms with E-state index in [2.05, 4.69) is 5.32 Å². The Balaban J connectivity index is 1.89. The lowest BCUT2D eigenvalue weighted by Gasteiger charge is -2.24. The summed E-state index contributed by atoms with van der Waals surface area (Å²) in [6.07, 6.45) is 4.07. The van der Waals surface area contributed by atoms with E-state index in [1.165, 1.54) is 6.42 Å². The highest BCUT2D eigenvalue weighted by Gasteiger charge is 2.20. The Morgan fingerprint density at radius 1 is 1.26 bits per heavy atom. The number of nitrogens with one attached hydrogen (secondary N) is 1. The van der Waals surface area contributed by atoms with Crippen molar-refractivity contribution in [1.29, 1.82) is 0 Å². The number of nitrogens with two attached hydrogens (primary N) is 1. The van der Waals surface area contributed by atoms with Crippen LogP contribution >= 0.6 is 0 Å². The first kappa shape index (κ1) is 14.0. The Bertz CT molecular complexity index is 548. The second-order valence-electron chi connectivity index (χ2n) is 5.05. The van der Waals surface area contributed by atoms with Gasteiger partial charge in [0, 0.05) is 12.1 Å². The number of primary sulfonamides is 1. The van der Waals surface area contributed by atoms with Crippen molar-refractivity contribution in [1.82, 2.24) is 0 Å². The number of rotatable bonds is 5. The minimum Gasteiger partial charge on any atom is -0.326 e. The van der Waals surface area contributed by atoms with Crippen molar-refractivity contribution < 1.29 is 13.2 Å². The van der Waals surface area contributed by atoms with E-state index in [4.69, 9.17) is 5.14 Å². The van der Waals surface area contributed by atoms with E-state index in [9.17, 15) is 13.2 Å². The van der Waals surface area contributed by atoms with E-state index in [0.717, 1.165) is 12.8 Å². The Labute approximate surface area is 113 Å². The quantitative estimate of drug-likeness (QED) is 0.859. The monoisotopic (exact) mass is 282 g/mol. The molecule has 104 valence electrons. The zero-order chi connectivity index (χ0) is 13.9. The fourth-order valence-corrected chi connectivity index (χ4v) is 2.74. The van der Waals surface area contributed by atoms with Gasteiger partial charge in [0.05, 0.1) is 5.75 Å². The van der Waals surface area contributed by atoms with E-state index in [-0.39, 0.29) is 11.7 Å². The van der Waals surface area contributed by atoms with Crippen molar-refractivity contribution in [3.63, 3.8) is 0 Å². The number of hydrogen-bond donors (Lipinski definition) is 2. The lowest BCUT2D eigenvalue weighted by atomic mass is 9.83. The lowest BCUT2D eigenvalue weighted by molar-refractivity contribution is -0.117. The lowest BCUT2D eigenvalue weighted by Crippen LogP contribution is -2.20. The van der Waals surface area contributed by atoms with Crippen molar-refractivity contribution in [2.75, 3.05) is 5.32 Å². The van der Waals surface area contributed by atoms with Crippen molar-refractivity contribution in [3.8, 4) is 0 Å². The average molecular weight is 282 g/mol. The first-order chi connectivity index (χ1) is 8.92. The molecule has 0 radical (unpaired) electrons. The highest BCUT2D eigenvalue weighted by molar-refractivity contribution is 7.88. The molecule has 6 heteroatoms. The van der Waals surface area contributed by atoms with Crippen LogP contribution in [-0.2, 0) is 20.6 Å². The number of benzene rings is 1. The van der Waals surface area contributed by atoms with Crippen molar-refractivity contribution in [2.24, 2.45) is 11.1 Å². The smallest absolute Gasteiger partial charge is 0.224 e. The van der Waals surface area contributed by atoms with Crippen LogP contribution in [0.4, 0.5) is 5.69 Å². The van der Waals surface area contributed by atoms with Crippen LogP contribution in [0.3, 0.4) is 0 Å². The van der Waals surface area contributed by atoms with Gasteiger partial charge in [-0.3, -0.25) is 4.79 Å². The van der Waals surface area contributed by atoms with Gasteiger partial charge in [-0.25, -0.2) is 13.6 Å². The van der Waals surface area contributed by atoms with Crippen LogP contribution in [0, 0.1) is 5.92 Å². The van der Waals surface area contributed by atoms with Gasteiger partial charge < -0.3 is 5.32 Å². The van der Waals surface area contributed by atoms with E-state index in [0.29, 0.717) is 23.6 Å². The molecule has 1 aromatic rings. The van der Waals surface area contributed by atoms with Crippen molar-refractivity contribution in [3.05, 3.63) is 29.8 Å². The predicted octanol–water partition coefficient (Wildman–Crippen LogP) is 1.60. The summed E-state index contributed by atoms with van der Waals surface area (Å²) in [6, 6.07) is 6.70. The summed E-state index contributed by atoms with van der Waals surface area (Å²) in [5.74, 6) is 0.356. The molecule has 0 saturated heterocycles. The van der Waals surface area contributed by atoms with Crippen LogP contribution in [-0.4, -0.2) is 14.3 Å². The summed E-state index contributed by atoms with van der Waals surface area (Å²) in [4.78, 5) is 11.7. The zero-order valence-electron chi connectivity index (χ0n) is 10.6. The molecular weight excluding hydrogens is 264 g/mol. The van der Waals surface area contributed by atoms with Crippen LogP contribution in [0.15, 0.2) is 24.3 Å². The molecule has 0 aliphatic heterocycles. The SMILES string of the molecule is NS(=O)(=O)Cc1ccc(NC(=O)CC2CCC2)cc1. The first-order valence-corrected chi connectivity index (χ1v) is 8.03. The van der Waals surface area contributed by atoms with Gasteiger partial charge in [0.15, 0.2) is 0 Å². The molecule has 2 rings (SSSR count). The molecule has 1 aromatic carbocycles. The zero-order valence-corrected chi connectivity index (χ0v) is 11.4. The molecule has 0 unspecified atom stereocenters. The van der Waals surface area contributed by atoms with Gasteiger partial charge in [0.2, 0.25) is 15.9 Å². The van der Waals surface area contributed by atoms with E-state index < -0.39 is 10.0 Å². The van der Waals surface area contributed by atoms with Crippen LogP contribution in [0.25, 0.3) is 0 Å². The van der Waals surface area contributed by atoms with Gasteiger partial charge in [-0.1, -0.05) is 18.6 Å². The number of amides is 1. The summed E-state index contributed by atoms with van der Waals surface area (Å²) in [5.41, 5.74) is 1.29. The van der Waals surface area contributed by atoms with Crippen LogP contribution < -0.4 is 10.5 Å². The second-order valence-corrected chi connectivity index (χ2v) is 6.67. The second kappa shape index (κ2) is 5.71. The molecule has 0 bridgehead atoms. The van der Waals surface area contributed by atoms with E-state index in [1.54, 1.807) is 24.3 Å². The summed E-state index contributed by atoms with van der Waals surface area (Å²) in [5, 5.41) is 7.78. The predicted molar refractivity (Wildman–Crippen MR) is 73.8 cm³/mol. The number of anilines is 1. The van der Waals surface area contributed by atoms with Crippen LogP contribution in [0.1, 0.15) is 31.2 Å². The summed E-state index contributed by atoms with van der Waals surface area (Å²) >= 11 is 0. The minimum atomic E-state index is -3.51. The minimum absolute atomic E-state index is 0.0175. The third-order valence-corrected chi connectivity index (χ3v) is 4.04. The van der Waals surface area contributed by atoms with Gasteiger partial charge in [-0.05, 0) is 36.5 Å². The molecule has 19 heavy (non-hydrogen) atoms. The molecular formula is C13H18N2O3S. The molecule has 0 heterocycles. The molecule has 1 fully saturated rings. The molecule has 0 atom stereocenters. The number of hydrogen-bond acceptors (Lipinski definition) is 3. The largest absolute Gasteiger partial charge is 0.326 e. The van der Waals surface area contributed by atoms with Gasteiger partial charge in [0.1, 0.15) is 0 Å². The van der Waals surface area contributed by atoms with Crippen LogP contribution in [0.5, 0.6) is 0 Å². The third-order valence-electron chi connectivity index (χ3n) is 3.30. The molecule has 1 saturated carbocycles.